The van der Waals surface area contributed by atoms with E-state index in [2.05, 4.69) is 15.3 Å². The molecule has 0 bridgehead atoms. The molecule has 0 radical (unpaired) electrons. The van der Waals surface area contributed by atoms with Crippen LogP contribution < -0.4 is 36.4 Å². The highest BCUT2D eigenvalue weighted by Crippen LogP contribution is 2.34. The number of ether oxygens (including phenoxy) is 2. The summed E-state index contributed by atoms with van der Waals surface area (Å²) in [7, 11) is 4.73. The Morgan fingerprint density at radius 1 is 1.06 bits per heavy atom. The SMILES string of the molecule is CONc1ccc(N2CCN(C(=S)/C(=C(\C)N)N(N)c3ccc(OC)cc3OC)CC2)c(Cl)c1. The molecule has 2 aromatic carbocycles. The normalized spacial score (nSPS) is 14.4. The van der Waals surface area contributed by atoms with Gasteiger partial charge in [0, 0.05) is 37.9 Å². The third kappa shape index (κ3) is 5.58. The lowest BCUT2D eigenvalue weighted by Gasteiger charge is -2.39. The van der Waals surface area contributed by atoms with Gasteiger partial charge in [-0.05, 0) is 37.3 Å². The highest BCUT2D eigenvalue weighted by molar-refractivity contribution is 7.80. The average Bonchev–Trinajstić information content (AvgIpc) is 2.83. The highest BCUT2D eigenvalue weighted by atomic mass is 35.5. The smallest absolute Gasteiger partial charge is 0.147 e. The Balaban J connectivity index is 1.74. The van der Waals surface area contributed by atoms with E-state index in [-0.39, 0.29) is 0 Å². The number of methoxy groups -OCH3 is 2. The number of hydrazine groups is 1. The van der Waals surface area contributed by atoms with Crippen LogP contribution in [0.5, 0.6) is 11.5 Å². The molecule has 184 valence electrons. The molecule has 0 aliphatic carbocycles. The second kappa shape index (κ2) is 11.5. The minimum Gasteiger partial charge on any atom is -0.497 e. The molecule has 1 aliphatic rings. The van der Waals surface area contributed by atoms with Crippen LogP contribution in [0.3, 0.4) is 0 Å². The molecule has 0 atom stereocenters. The number of hydrogen-bond donors (Lipinski definition) is 3. The van der Waals surface area contributed by atoms with E-state index in [4.69, 9.17) is 49.7 Å². The Bertz CT molecular complexity index is 1050. The summed E-state index contributed by atoms with van der Waals surface area (Å²) in [6.45, 7) is 4.65. The van der Waals surface area contributed by atoms with Gasteiger partial charge < -0.3 is 25.0 Å². The van der Waals surface area contributed by atoms with Crippen LogP contribution >= 0.6 is 23.8 Å². The number of nitrogens with two attached hydrogens (primary N) is 2. The van der Waals surface area contributed by atoms with Crippen LogP contribution in [0, 0.1) is 0 Å². The lowest BCUT2D eigenvalue weighted by atomic mass is 10.2. The van der Waals surface area contributed by atoms with Gasteiger partial charge in [-0.15, -0.1) is 0 Å². The van der Waals surface area contributed by atoms with Gasteiger partial charge in [0.25, 0.3) is 0 Å². The van der Waals surface area contributed by atoms with Gasteiger partial charge in [-0.25, -0.2) is 5.84 Å². The standard InChI is InChI=1S/C23H31ClN6O3S/c1-15(25)22(30(26)20-8-6-17(31-2)14-21(20)32-3)23(34)29-11-9-28(10-12-29)19-7-5-16(27-33-4)13-18(19)24/h5-8,13-14,27H,9-12,25-26H2,1-4H3/b22-15-. The molecule has 1 fully saturated rings. The third-order valence-corrected chi connectivity index (χ3v) is 6.29. The summed E-state index contributed by atoms with van der Waals surface area (Å²) < 4.78 is 10.8. The summed E-state index contributed by atoms with van der Waals surface area (Å²) in [5.41, 5.74) is 12.5. The Morgan fingerprint density at radius 2 is 1.76 bits per heavy atom. The van der Waals surface area contributed by atoms with E-state index >= 15 is 0 Å². The molecule has 5 N–H and O–H groups in total. The van der Waals surface area contributed by atoms with Gasteiger partial charge in [0.15, 0.2) is 0 Å². The molecule has 34 heavy (non-hydrogen) atoms. The first kappa shape index (κ1) is 25.7. The molecular weight excluding hydrogens is 476 g/mol. The van der Waals surface area contributed by atoms with Crippen molar-refractivity contribution in [1.82, 2.24) is 4.90 Å². The Kier molecular flexibility index (Phi) is 8.67. The van der Waals surface area contributed by atoms with Crippen molar-refractivity contribution < 1.29 is 14.3 Å². The number of benzene rings is 2. The quantitative estimate of drug-likeness (QED) is 0.214. The molecule has 3 rings (SSSR count). The number of rotatable bonds is 8. The Morgan fingerprint density at radius 3 is 2.32 bits per heavy atom. The van der Waals surface area contributed by atoms with Gasteiger partial charge in [0.1, 0.15) is 22.2 Å². The van der Waals surface area contributed by atoms with Crippen molar-refractivity contribution in [2.24, 2.45) is 11.6 Å². The van der Waals surface area contributed by atoms with Crippen LogP contribution in [0.4, 0.5) is 17.1 Å². The van der Waals surface area contributed by atoms with Crippen LogP contribution in [0.15, 0.2) is 47.8 Å². The topological polar surface area (TPSA) is 101 Å². The molecule has 0 unspecified atom stereocenters. The van der Waals surface area contributed by atoms with Gasteiger partial charge in [-0.3, -0.25) is 15.3 Å². The molecule has 0 aromatic heterocycles. The van der Waals surface area contributed by atoms with Gasteiger partial charge in [0.05, 0.1) is 43.4 Å². The zero-order valence-corrected chi connectivity index (χ0v) is 21.4. The summed E-state index contributed by atoms with van der Waals surface area (Å²) in [5.74, 6) is 7.72. The van der Waals surface area contributed by atoms with Crippen LogP contribution in [-0.2, 0) is 4.84 Å². The lowest BCUT2D eigenvalue weighted by molar-refractivity contribution is 0.271. The lowest BCUT2D eigenvalue weighted by Crippen LogP contribution is -2.51. The zero-order valence-electron chi connectivity index (χ0n) is 19.8. The van der Waals surface area contributed by atoms with E-state index in [9.17, 15) is 0 Å². The summed E-state index contributed by atoms with van der Waals surface area (Å²) in [4.78, 5) is 9.84. The fourth-order valence-corrected chi connectivity index (χ4v) is 4.55. The Hall–Kier alpha value is -2.92. The number of anilines is 3. The van der Waals surface area contributed by atoms with Crippen molar-refractivity contribution in [3.8, 4) is 11.5 Å². The summed E-state index contributed by atoms with van der Waals surface area (Å²) in [5, 5.41) is 2.12. The first-order chi connectivity index (χ1) is 16.3. The predicted molar refractivity (Wildman–Crippen MR) is 142 cm³/mol. The van der Waals surface area contributed by atoms with Crippen molar-refractivity contribution >= 4 is 45.9 Å². The van der Waals surface area contributed by atoms with E-state index in [1.807, 2.05) is 24.3 Å². The van der Waals surface area contributed by atoms with Crippen molar-refractivity contribution in [3.05, 3.63) is 52.8 Å². The number of nitrogens with one attached hydrogen (secondary N) is 1. The maximum atomic E-state index is 6.51. The van der Waals surface area contributed by atoms with Gasteiger partial charge in [0.2, 0.25) is 0 Å². The number of piperazine rings is 1. The molecule has 9 nitrogen and oxygen atoms in total. The monoisotopic (exact) mass is 506 g/mol. The van der Waals surface area contributed by atoms with Crippen LogP contribution in [-0.4, -0.2) is 57.4 Å². The van der Waals surface area contributed by atoms with Crippen molar-refractivity contribution in [2.45, 2.75) is 6.92 Å². The van der Waals surface area contributed by atoms with Crippen LogP contribution in [0.2, 0.25) is 5.02 Å². The van der Waals surface area contributed by atoms with Crippen molar-refractivity contribution in [2.75, 3.05) is 62.9 Å². The van der Waals surface area contributed by atoms with E-state index in [1.165, 1.54) is 5.01 Å². The maximum Gasteiger partial charge on any atom is 0.147 e. The third-order valence-electron chi connectivity index (χ3n) is 5.54. The molecule has 1 saturated heterocycles. The predicted octanol–water partition coefficient (Wildman–Crippen LogP) is 3.35. The fourth-order valence-electron chi connectivity index (χ4n) is 3.81. The van der Waals surface area contributed by atoms with Crippen LogP contribution in [0.1, 0.15) is 6.92 Å². The number of allylic oxidation sites excluding steroid dienone is 1. The number of nitrogens with zero attached hydrogens (tertiary/aromatic N) is 3. The van der Waals surface area contributed by atoms with Gasteiger partial charge in [-0.1, -0.05) is 23.8 Å². The zero-order chi connectivity index (χ0) is 24.8. The highest BCUT2D eigenvalue weighted by Gasteiger charge is 2.27. The number of halogens is 1. The fraction of sp³-hybridized carbons (Fsp3) is 0.348. The van der Waals surface area contributed by atoms with E-state index < -0.39 is 0 Å². The second-order valence-electron chi connectivity index (χ2n) is 7.69. The minimum absolute atomic E-state index is 0.511. The van der Waals surface area contributed by atoms with E-state index in [1.54, 1.807) is 40.4 Å². The first-order valence-electron chi connectivity index (χ1n) is 10.7. The summed E-state index contributed by atoms with van der Waals surface area (Å²) in [6.07, 6.45) is 0. The van der Waals surface area contributed by atoms with Gasteiger partial charge >= 0.3 is 0 Å². The minimum atomic E-state index is 0.511. The van der Waals surface area contributed by atoms with Crippen molar-refractivity contribution in [3.63, 3.8) is 0 Å². The summed E-state index contributed by atoms with van der Waals surface area (Å²) >= 11 is 12.3. The van der Waals surface area contributed by atoms with E-state index in [0.717, 1.165) is 24.5 Å². The molecule has 0 amide bonds. The Labute approximate surface area is 210 Å². The van der Waals surface area contributed by atoms with Crippen LogP contribution in [0.25, 0.3) is 0 Å². The molecule has 11 heteroatoms. The number of thiocarbonyl (C=S) groups is 1. The molecule has 1 aliphatic heterocycles. The largest absolute Gasteiger partial charge is 0.497 e. The van der Waals surface area contributed by atoms with E-state index in [0.29, 0.717) is 51.7 Å². The first-order valence-corrected chi connectivity index (χ1v) is 11.4. The maximum absolute atomic E-state index is 6.51. The molecule has 0 spiro atoms. The molecular formula is C23H31ClN6O3S. The van der Waals surface area contributed by atoms with Gasteiger partial charge in [-0.2, -0.15) is 0 Å². The molecule has 2 aromatic rings. The van der Waals surface area contributed by atoms with Crippen molar-refractivity contribution in [1.29, 1.82) is 0 Å². The summed E-state index contributed by atoms with van der Waals surface area (Å²) in [6, 6.07) is 11.1. The number of hydrogen-bond acceptors (Lipinski definition) is 9. The second-order valence-corrected chi connectivity index (χ2v) is 8.48. The molecule has 1 heterocycles. The average molecular weight is 507 g/mol. The molecule has 0 saturated carbocycles.